The third-order valence-corrected chi connectivity index (χ3v) is 4.32. The van der Waals surface area contributed by atoms with Gasteiger partial charge in [-0.3, -0.25) is 9.59 Å². The van der Waals surface area contributed by atoms with Crippen molar-refractivity contribution in [1.82, 2.24) is 10.2 Å². The zero-order valence-corrected chi connectivity index (χ0v) is 15.2. The predicted molar refractivity (Wildman–Crippen MR) is 96.6 cm³/mol. The van der Waals surface area contributed by atoms with Gasteiger partial charge >= 0.3 is 0 Å². The van der Waals surface area contributed by atoms with E-state index in [4.69, 9.17) is 4.74 Å². The fraction of sp³-hybridized carbons (Fsp3) is 0.529. The number of carbonyl (C=O) groups is 2. The van der Waals surface area contributed by atoms with Crippen molar-refractivity contribution in [1.29, 1.82) is 0 Å². The van der Waals surface area contributed by atoms with Gasteiger partial charge < -0.3 is 20.3 Å². The SMILES string of the molecule is CCN(CC(=O)Nc1ccccc1OC)C(=O)C(C)C1CNC1.Cl. The Kier molecular flexibility index (Phi) is 8.01. The van der Waals surface area contributed by atoms with Crippen LogP contribution in [-0.2, 0) is 9.59 Å². The van der Waals surface area contributed by atoms with E-state index in [0.717, 1.165) is 13.1 Å². The lowest BCUT2D eigenvalue weighted by atomic mass is 9.88. The number of nitrogens with zero attached hydrogens (tertiary/aromatic N) is 1. The number of hydrogen-bond acceptors (Lipinski definition) is 4. The molecule has 1 aliphatic heterocycles. The second-order valence-corrected chi connectivity index (χ2v) is 5.81. The normalized spacial score (nSPS) is 14.8. The number of hydrogen-bond donors (Lipinski definition) is 2. The highest BCUT2D eigenvalue weighted by Crippen LogP contribution is 2.23. The topological polar surface area (TPSA) is 70.7 Å². The maximum Gasteiger partial charge on any atom is 0.244 e. The third-order valence-electron chi connectivity index (χ3n) is 4.32. The maximum atomic E-state index is 12.5. The minimum atomic E-state index is -0.219. The summed E-state index contributed by atoms with van der Waals surface area (Å²) in [6, 6.07) is 7.22. The number of carbonyl (C=O) groups excluding carboxylic acids is 2. The molecule has 7 heteroatoms. The molecule has 1 aromatic rings. The van der Waals surface area contributed by atoms with Crippen molar-refractivity contribution in [2.45, 2.75) is 13.8 Å². The van der Waals surface area contributed by atoms with Crippen LogP contribution in [0.25, 0.3) is 0 Å². The van der Waals surface area contributed by atoms with E-state index in [0.29, 0.717) is 23.9 Å². The van der Waals surface area contributed by atoms with E-state index in [1.807, 2.05) is 26.0 Å². The molecular formula is C17H26ClN3O3. The Labute approximate surface area is 149 Å². The average Bonchev–Trinajstić information content (AvgIpc) is 2.50. The summed E-state index contributed by atoms with van der Waals surface area (Å²) in [7, 11) is 1.56. The molecule has 0 radical (unpaired) electrons. The van der Waals surface area contributed by atoms with Crippen molar-refractivity contribution in [2.24, 2.45) is 11.8 Å². The summed E-state index contributed by atoms with van der Waals surface area (Å²) in [4.78, 5) is 26.4. The van der Waals surface area contributed by atoms with Crippen molar-refractivity contribution >= 4 is 29.9 Å². The van der Waals surface area contributed by atoms with E-state index in [2.05, 4.69) is 10.6 Å². The molecule has 0 saturated carbocycles. The highest BCUT2D eigenvalue weighted by molar-refractivity contribution is 5.96. The molecule has 1 atom stereocenters. The van der Waals surface area contributed by atoms with Crippen LogP contribution in [-0.4, -0.2) is 50.0 Å². The summed E-state index contributed by atoms with van der Waals surface area (Å²) in [5, 5.41) is 5.98. The van der Waals surface area contributed by atoms with Gasteiger partial charge in [-0.25, -0.2) is 0 Å². The highest BCUT2D eigenvalue weighted by Gasteiger charge is 2.31. The van der Waals surface area contributed by atoms with Gasteiger partial charge in [-0.05, 0) is 38.1 Å². The van der Waals surface area contributed by atoms with Gasteiger partial charge in [-0.15, -0.1) is 12.4 Å². The van der Waals surface area contributed by atoms with Crippen molar-refractivity contribution < 1.29 is 14.3 Å². The van der Waals surface area contributed by atoms with Gasteiger partial charge in [0.15, 0.2) is 0 Å². The molecule has 1 unspecified atom stereocenters. The molecule has 1 saturated heterocycles. The number of para-hydroxylation sites is 2. The summed E-state index contributed by atoms with van der Waals surface area (Å²) in [6.07, 6.45) is 0. The first kappa shape index (κ1) is 20.3. The lowest BCUT2D eigenvalue weighted by molar-refractivity contribution is -0.139. The smallest absolute Gasteiger partial charge is 0.244 e. The maximum absolute atomic E-state index is 12.5. The molecule has 1 aromatic carbocycles. The quantitative estimate of drug-likeness (QED) is 0.782. The van der Waals surface area contributed by atoms with Crippen LogP contribution in [0.2, 0.25) is 0 Å². The van der Waals surface area contributed by atoms with Gasteiger partial charge in [-0.1, -0.05) is 19.1 Å². The lowest BCUT2D eigenvalue weighted by Crippen LogP contribution is -2.51. The molecule has 0 aliphatic carbocycles. The Balaban J connectivity index is 0.00000288. The van der Waals surface area contributed by atoms with E-state index in [1.165, 1.54) is 0 Å². The molecule has 134 valence electrons. The van der Waals surface area contributed by atoms with Gasteiger partial charge in [0.2, 0.25) is 11.8 Å². The van der Waals surface area contributed by atoms with E-state index in [1.54, 1.807) is 24.1 Å². The van der Waals surface area contributed by atoms with E-state index in [9.17, 15) is 9.59 Å². The van der Waals surface area contributed by atoms with Crippen LogP contribution >= 0.6 is 12.4 Å². The van der Waals surface area contributed by atoms with Gasteiger partial charge in [0.1, 0.15) is 5.75 Å². The van der Waals surface area contributed by atoms with Crippen LogP contribution in [0, 0.1) is 11.8 Å². The number of likely N-dealkylation sites (N-methyl/N-ethyl adjacent to an activating group) is 1. The van der Waals surface area contributed by atoms with E-state index >= 15 is 0 Å². The van der Waals surface area contributed by atoms with Crippen LogP contribution in [0.3, 0.4) is 0 Å². The molecule has 1 fully saturated rings. The number of anilines is 1. The van der Waals surface area contributed by atoms with Crippen LogP contribution < -0.4 is 15.4 Å². The van der Waals surface area contributed by atoms with Crippen molar-refractivity contribution in [3.8, 4) is 5.75 Å². The minimum Gasteiger partial charge on any atom is -0.495 e. The second-order valence-electron chi connectivity index (χ2n) is 5.81. The number of benzene rings is 1. The highest BCUT2D eigenvalue weighted by atomic mass is 35.5. The Morgan fingerprint density at radius 3 is 2.58 bits per heavy atom. The first-order valence-electron chi connectivity index (χ1n) is 7.99. The minimum absolute atomic E-state index is 0. The number of methoxy groups -OCH3 is 1. The fourth-order valence-electron chi connectivity index (χ4n) is 2.61. The van der Waals surface area contributed by atoms with Gasteiger partial charge in [-0.2, -0.15) is 0 Å². The molecule has 24 heavy (non-hydrogen) atoms. The van der Waals surface area contributed by atoms with Crippen LogP contribution in [0.15, 0.2) is 24.3 Å². The van der Waals surface area contributed by atoms with Crippen LogP contribution in [0.5, 0.6) is 5.75 Å². The molecule has 2 amide bonds. The number of rotatable bonds is 7. The first-order valence-corrected chi connectivity index (χ1v) is 7.99. The Hall–Kier alpha value is -1.79. The largest absolute Gasteiger partial charge is 0.495 e. The van der Waals surface area contributed by atoms with E-state index in [-0.39, 0.29) is 36.7 Å². The van der Waals surface area contributed by atoms with Crippen LogP contribution in [0.4, 0.5) is 5.69 Å². The number of amides is 2. The number of nitrogens with one attached hydrogen (secondary N) is 2. The molecule has 0 aromatic heterocycles. The molecule has 1 aliphatic rings. The zero-order chi connectivity index (χ0) is 16.8. The molecule has 0 bridgehead atoms. The van der Waals surface area contributed by atoms with E-state index < -0.39 is 0 Å². The predicted octanol–water partition coefficient (Wildman–Crippen LogP) is 1.76. The zero-order valence-electron chi connectivity index (χ0n) is 14.4. The first-order chi connectivity index (χ1) is 11.1. The summed E-state index contributed by atoms with van der Waals surface area (Å²) >= 11 is 0. The Bertz CT molecular complexity index is 564. The molecule has 2 rings (SSSR count). The molecule has 1 heterocycles. The second kappa shape index (κ2) is 9.49. The lowest BCUT2D eigenvalue weighted by Gasteiger charge is -2.34. The standard InChI is InChI=1S/C17H25N3O3.ClH/c1-4-20(17(22)12(2)13-9-18-10-13)11-16(21)19-14-7-5-6-8-15(14)23-3;/h5-8,12-13,18H,4,9-11H2,1-3H3,(H,19,21);1H. The average molecular weight is 356 g/mol. The van der Waals surface area contributed by atoms with Gasteiger partial charge in [0.25, 0.3) is 0 Å². The molecular weight excluding hydrogens is 330 g/mol. The van der Waals surface area contributed by atoms with Gasteiger partial charge in [0.05, 0.1) is 19.3 Å². The van der Waals surface area contributed by atoms with Crippen molar-refractivity contribution in [2.75, 3.05) is 38.6 Å². The summed E-state index contributed by atoms with van der Waals surface area (Å²) in [5.41, 5.74) is 0.611. The molecule has 6 nitrogen and oxygen atoms in total. The molecule has 0 spiro atoms. The Morgan fingerprint density at radius 2 is 2.04 bits per heavy atom. The van der Waals surface area contributed by atoms with Crippen molar-refractivity contribution in [3.63, 3.8) is 0 Å². The number of halogens is 1. The monoisotopic (exact) mass is 355 g/mol. The summed E-state index contributed by atoms with van der Waals surface area (Å²) in [5.74, 6) is 0.728. The van der Waals surface area contributed by atoms with Crippen molar-refractivity contribution in [3.05, 3.63) is 24.3 Å². The number of ether oxygens (including phenoxy) is 1. The summed E-state index contributed by atoms with van der Waals surface area (Å²) < 4.78 is 5.21. The Morgan fingerprint density at radius 1 is 1.38 bits per heavy atom. The summed E-state index contributed by atoms with van der Waals surface area (Å²) in [6.45, 7) is 6.14. The fourth-order valence-corrected chi connectivity index (χ4v) is 2.61. The third kappa shape index (κ3) is 4.85. The van der Waals surface area contributed by atoms with Crippen LogP contribution in [0.1, 0.15) is 13.8 Å². The van der Waals surface area contributed by atoms with Gasteiger partial charge in [0, 0.05) is 12.5 Å². The molecule has 2 N–H and O–H groups in total.